The Morgan fingerprint density at radius 1 is 1.39 bits per heavy atom. The second-order valence-corrected chi connectivity index (χ2v) is 4.15. The molecule has 1 aromatic carbocycles. The molecule has 3 N–H and O–H groups in total. The van der Waals surface area contributed by atoms with Crippen molar-refractivity contribution in [3.8, 4) is 0 Å². The van der Waals surface area contributed by atoms with Crippen molar-refractivity contribution < 1.29 is 4.79 Å². The molecule has 4 nitrogen and oxygen atoms in total. The number of nitrogen functional groups attached to an aromatic ring is 1. The Labute approximate surface area is 121 Å². The van der Waals surface area contributed by atoms with E-state index in [1.807, 2.05) is 14.1 Å². The smallest absolute Gasteiger partial charge is 0.251 e. The molecule has 0 heterocycles. The Morgan fingerprint density at radius 2 is 2.00 bits per heavy atom. The predicted octanol–water partition coefficient (Wildman–Crippen LogP) is 1.79. The van der Waals surface area contributed by atoms with E-state index in [9.17, 15) is 4.79 Å². The van der Waals surface area contributed by atoms with Gasteiger partial charge in [-0.1, -0.05) is 6.07 Å². The highest BCUT2D eigenvalue weighted by molar-refractivity contribution is 5.94. The van der Waals surface area contributed by atoms with Gasteiger partial charge in [0.05, 0.1) is 0 Å². The summed E-state index contributed by atoms with van der Waals surface area (Å²) in [6, 6.07) is 7.28. The second-order valence-electron chi connectivity index (χ2n) is 4.15. The third-order valence-electron chi connectivity index (χ3n) is 2.59. The van der Waals surface area contributed by atoms with Gasteiger partial charge in [-0.15, -0.1) is 24.8 Å². The third-order valence-corrected chi connectivity index (χ3v) is 2.59. The first-order chi connectivity index (χ1) is 7.50. The SMILES string of the molecule is CC(CNC(=O)c1cccc(N)c1)N(C)C.Cl.Cl. The average molecular weight is 294 g/mol. The zero-order valence-corrected chi connectivity index (χ0v) is 12.5. The summed E-state index contributed by atoms with van der Waals surface area (Å²) in [5, 5.41) is 2.87. The lowest BCUT2D eigenvalue weighted by atomic mass is 10.2. The number of amides is 1. The molecule has 0 aliphatic carbocycles. The van der Waals surface area contributed by atoms with E-state index < -0.39 is 0 Å². The van der Waals surface area contributed by atoms with Crippen molar-refractivity contribution in [2.24, 2.45) is 0 Å². The Kier molecular flexibility index (Phi) is 9.71. The van der Waals surface area contributed by atoms with Crippen LogP contribution in [-0.2, 0) is 0 Å². The summed E-state index contributed by atoms with van der Waals surface area (Å²) < 4.78 is 0. The number of hydrogen-bond acceptors (Lipinski definition) is 3. The maximum absolute atomic E-state index is 11.7. The molecule has 104 valence electrons. The van der Waals surface area contributed by atoms with Crippen molar-refractivity contribution in [3.63, 3.8) is 0 Å². The van der Waals surface area contributed by atoms with Crippen molar-refractivity contribution in [2.75, 3.05) is 26.4 Å². The number of nitrogens with two attached hydrogens (primary N) is 1. The van der Waals surface area contributed by atoms with Crippen molar-refractivity contribution in [1.82, 2.24) is 10.2 Å². The lowest BCUT2D eigenvalue weighted by molar-refractivity contribution is 0.0943. The predicted molar refractivity (Wildman–Crippen MR) is 80.8 cm³/mol. The lowest BCUT2D eigenvalue weighted by Crippen LogP contribution is -2.38. The van der Waals surface area contributed by atoms with E-state index >= 15 is 0 Å². The van der Waals surface area contributed by atoms with Crippen LogP contribution in [0.5, 0.6) is 0 Å². The summed E-state index contributed by atoms with van der Waals surface area (Å²) in [7, 11) is 3.97. The molecule has 1 aromatic rings. The Balaban J connectivity index is 0. The fourth-order valence-electron chi connectivity index (χ4n) is 1.20. The number of rotatable bonds is 4. The van der Waals surface area contributed by atoms with Gasteiger partial charge in [0.15, 0.2) is 0 Å². The van der Waals surface area contributed by atoms with Crippen LogP contribution >= 0.6 is 24.8 Å². The van der Waals surface area contributed by atoms with Crippen molar-refractivity contribution in [3.05, 3.63) is 29.8 Å². The van der Waals surface area contributed by atoms with E-state index in [1.165, 1.54) is 0 Å². The summed E-state index contributed by atoms with van der Waals surface area (Å²) in [5.74, 6) is -0.0824. The number of hydrogen-bond donors (Lipinski definition) is 2. The maximum atomic E-state index is 11.7. The van der Waals surface area contributed by atoms with E-state index in [1.54, 1.807) is 24.3 Å². The highest BCUT2D eigenvalue weighted by Crippen LogP contribution is 2.06. The van der Waals surface area contributed by atoms with Crippen molar-refractivity contribution in [1.29, 1.82) is 0 Å². The van der Waals surface area contributed by atoms with Gasteiger partial charge < -0.3 is 16.0 Å². The minimum atomic E-state index is -0.0824. The van der Waals surface area contributed by atoms with Crippen molar-refractivity contribution >= 4 is 36.4 Å². The Hall–Kier alpha value is -0.970. The topological polar surface area (TPSA) is 58.4 Å². The summed E-state index contributed by atoms with van der Waals surface area (Å²) in [5.41, 5.74) is 6.82. The van der Waals surface area contributed by atoms with Gasteiger partial charge in [-0.2, -0.15) is 0 Å². The molecule has 6 heteroatoms. The fourth-order valence-corrected chi connectivity index (χ4v) is 1.20. The number of nitrogens with zero attached hydrogens (tertiary/aromatic N) is 1. The number of anilines is 1. The average Bonchev–Trinajstić information content (AvgIpc) is 2.25. The van der Waals surface area contributed by atoms with E-state index in [-0.39, 0.29) is 30.7 Å². The zero-order chi connectivity index (χ0) is 12.1. The quantitative estimate of drug-likeness (QED) is 0.832. The molecule has 18 heavy (non-hydrogen) atoms. The second kappa shape index (κ2) is 9.03. The van der Waals surface area contributed by atoms with Crippen LogP contribution in [-0.4, -0.2) is 37.5 Å². The molecule has 1 unspecified atom stereocenters. The number of likely N-dealkylation sites (N-methyl/N-ethyl adjacent to an activating group) is 1. The van der Waals surface area contributed by atoms with Crippen LogP contribution in [0, 0.1) is 0 Å². The first kappa shape index (κ1) is 19.4. The molecule has 0 saturated heterocycles. The van der Waals surface area contributed by atoms with Crippen LogP contribution in [0.25, 0.3) is 0 Å². The lowest BCUT2D eigenvalue weighted by Gasteiger charge is -2.19. The molecular formula is C12H21Cl2N3O. The van der Waals surface area contributed by atoms with Crippen molar-refractivity contribution in [2.45, 2.75) is 13.0 Å². The Bertz CT molecular complexity index is 372. The van der Waals surface area contributed by atoms with Crippen LogP contribution in [0.1, 0.15) is 17.3 Å². The summed E-state index contributed by atoms with van der Waals surface area (Å²) in [6.45, 7) is 2.68. The van der Waals surface area contributed by atoms with Gasteiger partial charge in [-0.3, -0.25) is 4.79 Å². The van der Waals surface area contributed by atoms with Gasteiger partial charge in [0.1, 0.15) is 0 Å². The molecule has 0 aliphatic rings. The number of carbonyl (C=O) groups is 1. The first-order valence-electron chi connectivity index (χ1n) is 5.31. The van der Waals surface area contributed by atoms with E-state index in [0.29, 0.717) is 23.8 Å². The van der Waals surface area contributed by atoms with Crippen LogP contribution in [0.2, 0.25) is 0 Å². The van der Waals surface area contributed by atoms with Gasteiger partial charge in [0, 0.05) is 23.8 Å². The first-order valence-corrected chi connectivity index (χ1v) is 5.31. The molecule has 1 atom stereocenters. The summed E-state index contributed by atoms with van der Waals surface area (Å²) in [6.07, 6.45) is 0. The highest BCUT2D eigenvalue weighted by atomic mass is 35.5. The standard InChI is InChI=1S/C12H19N3O.2ClH/c1-9(15(2)3)8-14-12(16)10-5-4-6-11(13)7-10;;/h4-7,9H,8,13H2,1-3H3,(H,14,16);2*1H. The van der Waals surface area contributed by atoms with Gasteiger partial charge in [0.25, 0.3) is 5.91 Å². The van der Waals surface area contributed by atoms with E-state index in [0.717, 1.165) is 0 Å². The molecule has 0 fully saturated rings. The van der Waals surface area contributed by atoms with Crippen LogP contribution in [0.4, 0.5) is 5.69 Å². The van der Waals surface area contributed by atoms with E-state index in [4.69, 9.17) is 5.73 Å². The largest absolute Gasteiger partial charge is 0.399 e. The molecule has 0 aliphatic heterocycles. The minimum absolute atomic E-state index is 0. The van der Waals surface area contributed by atoms with Gasteiger partial charge in [-0.05, 0) is 39.2 Å². The van der Waals surface area contributed by atoms with Crippen LogP contribution in [0.3, 0.4) is 0 Å². The van der Waals surface area contributed by atoms with Gasteiger partial charge >= 0.3 is 0 Å². The molecular weight excluding hydrogens is 273 g/mol. The third kappa shape index (κ3) is 6.10. The summed E-state index contributed by atoms with van der Waals surface area (Å²) in [4.78, 5) is 13.8. The normalized spacial score (nSPS) is 11.1. The number of carbonyl (C=O) groups excluding carboxylic acids is 1. The molecule has 0 radical (unpaired) electrons. The molecule has 1 amide bonds. The molecule has 0 spiro atoms. The monoisotopic (exact) mass is 293 g/mol. The number of benzene rings is 1. The van der Waals surface area contributed by atoms with Gasteiger partial charge in [0.2, 0.25) is 0 Å². The number of halogens is 2. The Morgan fingerprint density at radius 3 is 2.50 bits per heavy atom. The van der Waals surface area contributed by atoms with E-state index in [2.05, 4.69) is 17.1 Å². The number of nitrogens with one attached hydrogen (secondary N) is 1. The minimum Gasteiger partial charge on any atom is -0.399 e. The summed E-state index contributed by atoms with van der Waals surface area (Å²) >= 11 is 0. The molecule has 0 bridgehead atoms. The molecule has 0 aromatic heterocycles. The molecule has 1 rings (SSSR count). The highest BCUT2D eigenvalue weighted by Gasteiger charge is 2.08. The zero-order valence-electron chi connectivity index (χ0n) is 10.8. The van der Waals surface area contributed by atoms with Crippen LogP contribution < -0.4 is 11.1 Å². The van der Waals surface area contributed by atoms with Crippen LogP contribution in [0.15, 0.2) is 24.3 Å². The maximum Gasteiger partial charge on any atom is 0.251 e. The van der Waals surface area contributed by atoms with Gasteiger partial charge in [-0.25, -0.2) is 0 Å². The molecule has 0 saturated carbocycles. The fraction of sp³-hybridized carbons (Fsp3) is 0.417.